The highest BCUT2D eigenvalue weighted by Crippen LogP contribution is 2.30. The average molecular weight is 340 g/mol. The molecule has 4 heteroatoms. The van der Waals surface area contributed by atoms with Crippen LogP contribution in [-0.4, -0.2) is 26.1 Å². The van der Waals surface area contributed by atoms with Gasteiger partial charge in [0.25, 0.3) is 0 Å². The van der Waals surface area contributed by atoms with E-state index in [0.29, 0.717) is 6.54 Å². The second-order valence-corrected chi connectivity index (χ2v) is 6.44. The van der Waals surface area contributed by atoms with Crippen LogP contribution < -0.4 is 15.4 Å². The number of benzene rings is 2. The molecule has 0 fully saturated rings. The van der Waals surface area contributed by atoms with Crippen molar-refractivity contribution < 1.29 is 9.53 Å². The fourth-order valence-corrected chi connectivity index (χ4v) is 2.63. The first kappa shape index (κ1) is 19.0. The second kappa shape index (κ2) is 9.23. The zero-order valence-electron chi connectivity index (χ0n) is 15.5. The summed E-state index contributed by atoms with van der Waals surface area (Å²) in [5.74, 6) is 0.998. The van der Waals surface area contributed by atoms with E-state index >= 15 is 0 Å². The Bertz CT molecular complexity index is 681. The number of amides is 1. The maximum absolute atomic E-state index is 11.5. The highest BCUT2D eigenvalue weighted by Gasteiger charge is 2.09. The third-order valence-corrected chi connectivity index (χ3v) is 4.23. The van der Waals surface area contributed by atoms with E-state index in [2.05, 4.69) is 47.9 Å². The van der Waals surface area contributed by atoms with E-state index in [1.54, 1.807) is 7.11 Å². The molecule has 134 valence electrons. The number of carbonyl (C=O) groups is 1. The summed E-state index contributed by atoms with van der Waals surface area (Å²) in [6, 6.07) is 16.7. The predicted octanol–water partition coefficient (Wildman–Crippen LogP) is 3.79. The Hall–Kier alpha value is -2.33. The van der Waals surface area contributed by atoms with E-state index < -0.39 is 0 Å². The standard InChI is InChI=1S/C21H28N2O2/c1-15(2)21(24)23-14-13-22-16(3)17-9-11-18(12-10-17)19-7-5-6-8-20(19)25-4/h5-12,15-16,22H,13-14H2,1-4H3,(H,23,24). The Morgan fingerprint density at radius 3 is 2.32 bits per heavy atom. The topological polar surface area (TPSA) is 50.4 Å². The summed E-state index contributed by atoms with van der Waals surface area (Å²) >= 11 is 0. The summed E-state index contributed by atoms with van der Waals surface area (Å²) in [6.45, 7) is 7.31. The molecule has 25 heavy (non-hydrogen) atoms. The number of ether oxygens (including phenoxy) is 1. The van der Waals surface area contributed by atoms with Crippen LogP contribution in [0.4, 0.5) is 0 Å². The van der Waals surface area contributed by atoms with Crippen molar-refractivity contribution in [3.63, 3.8) is 0 Å². The van der Waals surface area contributed by atoms with Gasteiger partial charge in [0.1, 0.15) is 5.75 Å². The Balaban J connectivity index is 1.92. The monoisotopic (exact) mass is 340 g/mol. The van der Waals surface area contributed by atoms with Crippen molar-refractivity contribution in [1.82, 2.24) is 10.6 Å². The van der Waals surface area contributed by atoms with Crippen molar-refractivity contribution in [1.29, 1.82) is 0 Å². The number of hydrogen-bond acceptors (Lipinski definition) is 3. The van der Waals surface area contributed by atoms with Gasteiger partial charge in [0.2, 0.25) is 5.91 Å². The molecule has 0 bridgehead atoms. The highest BCUT2D eigenvalue weighted by molar-refractivity contribution is 5.77. The van der Waals surface area contributed by atoms with Gasteiger partial charge in [0.15, 0.2) is 0 Å². The lowest BCUT2D eigenvalue weighted by molar-refractivity contribution is -0.123. The lowest BCUT2D eigenvalue weighted by Gasteiger charge is -2.16. The van der Waals surface area contributed by atoms with Crippen LogP contribution in [-0.2, 0) is 4.79 Å². The number of para-hydroxylation sites is 1. The molecule has 0 saturated heterocycles. The van der Waals surface area contributed by atoms with Gasteiger partial charge in [-0.1, -0.05) is 56.3 Å². The maximum Gasteiger partial charge on any atom is 0.222 e. The Kier molecular flexibility index (Phi) is 7.02. The quantitative estimate of drug-likeness (QED) is 0.719. The molecule has 0 radical (unpaired) electrons. The maximum atomic E-state index is 11.5. The van der Waals surface area contributed by atoms with Crippen molar-refractivity contribution in [2.24, 2.45) is 5.92 Å². The van der Waals surface area contributed by atoms with E-state index in [9.17, 15) is 4.79 Å². The molecule has 0 aliphatic carbocycles. The van der Waals surface area contributed by atoms with Crippen LogP contribution in [0.2, 0.25) is 0 Å². The van der Waals surface area contributed by atoms with Crippen molar-refractivity contribution in [3.8, 4) is 16.9 Å². The zero-order valence-corrected chi connectivity index (χ0v) is 15.5. The molecule has 0 saturated carbocycles. The molecular formula is C21H28N2O2. The SMILES string of the molecule is COc1ccccc1-c1ccc(C(C)NCCNC(=O)C(C)C)cc1. The lowest BCUT2D eigenvalue weighted by Crippen LogP contribution is -2.35. The van der Waals surface area contributed by atoms with Crippen LogP contribution in [0.1, 0.15) is 32.4 Å². The minimum Gasteiger partial charge on any atom is -0.496 e. The van der Waals surface area contributed by atoms with Crippen molar-refractivity contribution in [3.05, 3.63) is 54.1 Å². The molecule has 2 aromatic rings. The summed E-state index contributed by atoms with van der Waals surface area (Å²) in [4.78, 5) is 11.5. The first-order valence-electron chi connectivity index (χ1n) is 8.77. The summed E-state index contributed by atoms with van der Waals surface area (Å²) in [5.41, 5.74) is 3.44. The normalized spacial score (nSPS) is 12.0. The largest absolute Gasteiger partial charge is 0.496 e. The summed E-state index contributed by atoms with van der Waals surface area (Å²) in [5, 5.41) is 6.35. The van der Waals surface area contributed by atoms with Crippen LogP contribution >= 0.6 is 0 Å². The first-order valence-corrected chi connectivity index (χ1v) is 8.77. The number of nitrogens with one attached hydrogen (secondary N) is 2. The van der Waals surface area contributed by atoms with Crippen LogP contribution in [0.5, 0.6) is 5.75 Å². The lowest BCUT2D eigenvalue weighted by atomic mass is 10.0. The second-order valence-electron chi connectivity index (χ2n) is 6.44. The van der Waals surface area contributed by atoms with Crippen LogP contribution in [0.15, 0.2) is 48.5 Å². The summed E-state index contributed by atoms with van der Waals surface area (Å²) < 4.78 is 5.43. The van der Waals surface area contributed by atoms with E-state index in [-0.39, 0.29) is 17.9 Å². The smallest absolute Gasteiger partial charge is 0.222 e. The zero-order chi connectivity index (χ0) is 18.2. The van der Waals surface area contributed by atoms with Crippen LogP contribution in [0.3, 0.4) is 0 Å². The van der Waals surface area contributed by atoms with E-state index in [0.717, 1.165) is 23.4 Å². The minimum absolute atomic E-state index is 0.0277. The van der Waals surface area contributed by atoms with Gasteiger partial charge in [-0.15, -0.1) is 0 Å². The van der Waals surface area contributed by atoms with Gasteiger partial charge in [0, 0.05) is 30.6 Å². The Morgan fingerprint density at radius 2 is 1.68 bits per heavy atom. The molecule has 0 heterocycles. The molecular weight excluding hydrogens is 312 g/mol. The number of hydrogen-bond donors (Lipinski definition) is 2. The summed E-state index contributed by atoms with van der Waals surface area (Å²) in [7, 11) is 1.69. The van der Waals surface area contributed by atoms with Crippen molar-refractivity contribution >= 4 is 5.91 Å². The molecule has 0 spiro atoms. The molecule has 1 unspecified atom stereocenters. The van der Waals surface area contributed by atoms with E-state index in [4.69, 9.17) is 4.74 Å². The van der Waals surface area contributed by atoms with E-state index in [1.165, 1.54) is 5.56 Å². The molecule has 0 aromatic heterocycles. The fraction of sp³-hybridized carbons (Fsp3) is 0.381. The average Bonchev–Trinajstić information content (AvgIpc) is 2.64. The molecule has 1 atom stereocenters. The first-order chi connectivity index (χ1) is 12.0. The molecule has 0 aliphatic heterocycles. The predicted molar refractivity (Wildman–Crippen MR) is 103 cm³/mol. The minimum atomic E-state index is 0.0277. The van der Waals surface area contributed by atoms with Gasteiger partial charge >= 0.3 is 0 Å². The van der Waals surface area contributed by atoms with E-state index in [1.807, 2.05) is 32.0 Å². The molecule has 4 nitrogen and oxygen atoms in total. The van der Waals surface area contributed by atoms with Gasteiger partial charge in [-0.3, -0.25) is 4.79 Å². The Morgan fingerprint density at radius 1 is 1.00 bits per heavy atom. The van der Waals surface area contributed by atoms with Gasteiger partial charge < -0.3 is 15.4 Å². The van der Waals surface area contributed by atoms with Gasteiger partial charge in [0.05, 0.1) is 7.11 Å². The molecule has 1 amide bonds. The molecule has 2 rings (SSSR count). The van der Waals surface area contributed by atoms with Gasteiger partial charge in [-0.05, 0) is 24.1 Å². The number of rotatable bonds is 8. The molecule has 2 N–H and O–H groups in total. The number of methoxy groups -OCH3 is 1. The summed E-state index contributed by atoms with van der Waals surface area (Å²) in [6.07, 6.45) is 0. The third kappa shape index (κ3) is 5.33. The molecule has 2 aromatic carbocycles. The number of carbonyl (C=O) groups excluding carboxylic acids is 1. The third-order valence-electron chi connectivity index (χ3n) is 4.23. The molecule has 0 aliphatic rings. The highest BCUT2D eigenvalue weighted by atomic mass is 16.5. The van der Waals surface area contributed by atoms with Gasteiger partial charge in [-0.25, -0.2) is 0 Å². The van der Waals surface area contributed by atoms with Crippen molar-refractivity contribution in [2.75, 3.05) is 20.2 Å². The van der Waals surface area contributed by atoms with Crippen LogP contribution in [0, 0.1) is 5.92 Å². The van der Waals surface area contributed by atoms with Gasteiger partial charge in [-0.2, -0.15) is 0 Å². The van der Waals surface area contributed by atoms with Crippen LogP contribution in [0.25, 0.3) is 11.1 Å². The van der Waals surface area contributed by atoms with Crippen molar-refractivity contribution in [2.45, 2.75) is 26.8 Å². The fourth-order valence-electron chi connectivity index (χ4n) is 2.63. The Labute approximate surface area is 150 Å².